The molecule has 1 aliphatic carbocycles. The van der Waals surface area contributed by atoms with Crippen molar-refractivity contribution in [3.63, 3.8) is 0 Å². The number of ether oxygens (including phenoxy) is 2. The molecule has 1 amide bonds. The highest BCUT2D eigenvalue weighted by Crippen LogP contribution is 2.38. The van der Waals surface area contributed by atoms with Crippen molar-refractivity contribution in [2.45, 2.75) is 52.6 Å². The number of anilines is 1. The Morgan fingerprint density at radius 3 is 2.76 bits per heavy atom. The maximum atomic E-state index is 13.4. The fraction of sp³-hybridized carbons (Fsp3) is 0.370. The molecule has 1 fully saturated rings. The smallest absolute Gasteiger partial charge is 0.387 e. The number of halogens is 2. The van der Waals surface area contributed by atoms with Crippen LogP contribution in [0.25, 0.3) is 17.1 Å². The van der Waals surface area contributed by atoms with Crippen LogP contribution in [0.3, 0.4) is 0 Å². The Kier molecular flexibility index (Phi) is 7.49. The Hall–Kier alpha value is -3.31. The number of alkyl halides is 2. The number of hydrogen-bond donors (Lipinski definition) is 1. The number of rotatable bonds is 9. The van der Waals surface area contributed by atoms with Crippen LogP contribution in [0.5, 0.6) is 11.5 Å². The van der Waals surface area contributed by atoms with Crippen molar-refractivity contribution in [1.29, 1.82) is 0 Å². The van der Waals surface area contributed by atoms with Crippen molar-refractivity contribution in [1.82, 2.24) is 14.4 Å². The number of carbonyl (C=O) groups excluding carboxylic acids is 1. The lowest BCUT2D eigenvalue weighted by molar-refractivity contribution is -0.0517. The second-order valence-corrected chi connectivity index (χ2v) is 12.0. The predicted molar refractivity (Wildman–Crippen MR) is 147 cm³/mol. The van der Waals surface area contributed by atoms with Crippen LogP contribution in [0, 0.1) is 5.41 Å². The molecule has 7 nitrogen and oxygen atoms in total. The van der Waals surface area contributed by atoms with Crippen LogP contribution >= 0.6 is 22.7 Å². The number of imidazole rings is 1. The summed E-state index contributed by atoms with van der Waals surface area (Å²) in [7, 11) is 0. The maximum Gasteiger partial charge on any atom is 0.387 e. The molecular weight excluding hydrogens is 530 g/mol. The van der Waals surface area contributed by atoms with E-state index < -0.39 is 6.61 Å². The van der Waals surface area contributed by atoms with Crippen LogP contribution in [0.15, 0.2) is 35.2 Å². The fourth-order valence-electron chi connectivity index (χ4n) is 4.00. The number of fused-ring (bicyclic) bond motifs is 1. The first-order valence-corrected chi connectivity index (χ1v) is 14.0. The molecule has 3 heterocycles. The van der Waals surface area contributed by atoms with Crippen molar-refractivity contribution in [3.8, 4) is 11.5 Å². The van der Waals surface area contributed by atoms with Gasteiger partial charge in [-0.3, -0.25) is 14.5 Å². The van der Waals surface area contributed by atoms with Gasteiger partial charge in [0.15, 0.2) is 21.6 Å². The monoisotopic (exact) mass is 558 g/mol. The highest BCUT2D eigenvalue weighted by atomic mass is 32.1. The zero-order chi connectivity index (χ0) is 26.9. The zero-order valence-corrected chi connectivity index (χ0v) is 22.9. The van der Waals surface area contributed by atoms with Gasteiger partial charge in [-0.1, -0.05) is 39.3 Å². The van der Waals surface area contributed by atoms with Crippen LogP contribution in [-0.2, 0) is 0 Å². The molecule has 0 radical (unpaired) electrons. The molecule has 0 bridgehead atoms. The summed E-state index contributed by atoms with van der Waals surface area (Å²) in [5, 5.41) is 7.33. The van der Waals surface area contributed by atoms with Gasteiger partial charge < -0.3 is 9.47 Å². The van der Waals surface area contributed by atoms with Gasteiger partial charge in [0.25, 0.3) is 5.91 Å². The Labute approximate surface area is 227 Å². The average molecular weight is 559 g/mol. The summed E-state index contributed by atoms with van der Waals surface area (Å²) < 4.78 is 38.5. The number of aromatic nitrogens is 3. The number of hydrogen-bond acceptors (Lipinski definition) is 7. The number of carbonyl (C=O) groups is 1. The second kappa shape index (κ2) is 10.8. The molecule has 3 aromatic heterocycles. The topological polar surface area (TPSA) is 77.8 Å². The molecule has 0 atom stereocenters. The molecule has 0 aliphatic heterocycles. The van der Waals surface area contributed by atoms with Crippen molar-refractivity contribution < 1.29 is 23.0 Å². The van der Waals surface area contributed by atoms with E-state index >= 15 is 0 Å². The summed E-state index contributed by atoms with van der Waals surface area (Å²) in [5.41, 5.74) is 2.15. The van der Waals surface area contributed by atoms with E-state index in [-0.39, 0.29) is 22.8 Å². The molecule has 0 unspecified atom stereocenters. The van der Waals surface area contributed by atoms with Gasteiger partial charge in [0.2, 0.25) is 0 Å². The molecule has 1 N–H and O–H groups in total. The van der Waals surface area contributed by atoms with Crippen molar-refractivity contribution in [3.05, 3.63) is 57.8 Å². The van der Waals surface area contributed by atoms with Crippen LogP contribution in [-0.4, -0.2) is 33.5 Å². The summed E-state index contributed by atoms with van der Waals surface area (Å²) in [6.45, 7) is 3.26. The number of benzene rings is 1. The van der Waals surface area contributed by atoms with E-state index in [1.807, 2.05) is 31.5 Å². The van der Waals surface area contributed by atoms with E-state index in [0.29, 0.717) is 39.6 Å². The molecule has 4 aromatic rings. The Balaban J connectivity index is 1.44. The second-order valence-electron chi connectivity index (χ2n) is 10.3. The van der Waals surface area contributed by atoms with Gasteiger partial charge >= 0.3 is 6.61 Å². The Morgan fingerprint density at radius 1 is 1.24 bits per heavy atom. The molecule has 1 aromatic carbocycles. The summed E-state index contributed by atoms with van der Waals surface area (Å²) in [6.07, 6.45) is 8.64. The zero-order valence-electron chi connectivity index (χ0n) is 21.2. The van der Waals surface area contributed by atoms with Crippen LogP contribution < -0.4 is 14.8 Å². The van der Waals surface area contributed by atoms with Gasteiger partial charge in [0.1, 0.15) is 5.69 Å². The normalized spacial score (nSPS) is 14.4. The van der Waals surface area contributed by atoms with Crippen molar-refractivity contribution in [2.24, 2.45) is 5.41 Å². The Morgan fingerprint density at radius 2 is 2.05 bits per heavy atom. The molecule has 11 heteroatoms. The molecule has 0 spiro atoms. The highest BCUT2D eigenvalue weighted by Gasteiger charge is 2.24. The molecule has 200 valence electrons. The standard InChI is InChI=1S/C27H28F2N4O3S2/c1-27(2,3)15-35-22-17(8-5-9-20(22)36-24(28)29)10-11-18-21(33-12-13-37-26(33)31-18)23(34)32-25-30-19(14-38-25)16-6-4-7-16/h5,8-14,16,24H,4,6-7,15H2,1-3H3,(H,30,32,34)/b11-10+. The number of nitrogens with zero attached hydrogens (tertiary/aromatic N) is 3. The van der Waals surface area contributed by atoms with Crippen LogP contribution in [0.1, 0.15) is 73.4 Å². The number of thiazole rings is 2. The van der Waals surface area contributed by atoms with Gasteiger partial charge in [0, 0.05) is 28.4 Å². The van der Waals surface area contributed by atoms with E-state index in [1.165, 1.54) is 35.2 Å². The van der Waals surface area contributed by atoms with Gasteiger partial charge in [-0.25, -0.2) is 9.97 Å². The fourth-order valence-corrected chi connectivity index (χ4v) is 5.51. The lowest BCUT2D eigenvalue weighted by atomic mass is 9.83. The third-order valence-electron chi connectivity index (χ3n) is 6.07. The van der Waals surface area contributed by atoms with E-state index in [0.717, 1.165) is 18.5 Å². The van der Waals surface area contributed by atoms with Crippen LogP contribution in [0.2, 0.25) is 0 Å². The summed E-state index contributed by atoms with van der Waals surface area (Å²) in [5.74, 6) is 0.302. The number of amides is 1. The largest absolute Gasteiger partial charge is 0.489 e. The van der Waals surface area contributed by atoms with Crippen molar-refractivity contribution in [2.75, 3.05) is 11.9 Å². The van der Waals surface area contributed by atoms with Gasteiger partial charge in [-0.05, 0) is 36.5 Å². The predicted octanol–water partition coefficient (Wildman–Crippen LogP) is 7.57. The van der Waals surface area contributed by atoms with E-state index in [2.05, 4.69) is 15.3 Å². The first-order chi connectivity index (χ1) is 18.2. The summed E-state index contributed by atoms with van der Waals surface area (Å²) in [6, 6.07) is 4.80. The molecule has 1 aliphatic rings. The summed E-state index contributed by atoms with van der Waals surface area (Å²) in [4.78, 5) is 23.3. The molecular formula is C27H28F2N4O3S2. The molecule has 1 saturated carbocycles. The minimum atomic E-state index is -2.99. The average Bonchev–Trinajstić information content (AvgIpc) is 3.51. The van der Waals surface area contributed by atoms with Gasteiger partial charge in [0.05, 0.1) is 18.0 Å². The molecule has 0 saturated heterocycles. The number of para-hydroxylation sites is 1. The first kappa shape index (κ1) is 26.3. The minimum Gasteiger partial charge on any atom is -0.489 e. The van der Waals surface area contributed by atoms with E-state index in [4.69, 9.17) is 9.47 Å². The van der Waals surface area contributed by atoms with Gasteiger partial charge in [-0.2, -0.15) is 8.78 Å². The summed E-state index contributed by atoms with van der Waals surface area (Å²) >= 11 is 2.82. The lowest BCUT2D eigenvalue weighted by Crippen LogP contribution is -2.18. The highest BCUT2D eigenvalue weighted by molar-refractivity contribution is 7.15. The van der Waals surface area contributed by atoms with Gasteiger partial charge in [-0.15, -0.1) is 22.7 Å². The van der Waals surface area contributed by atoms with E-state index in [1.54, 1.807) is 34.9 Å². The van der Waals surface area contributed by atoms with E-state index in [9.17, 15) is 13.6 Å². The quantitative estimate of drug-likeness (QED) is 0.229. The maximum absolute atomic E-state index is 13.4. The third-order valence-corrected chi connectivity index (χ3v) is 7.60. The molecule has 5 rings (SSSR count). The first-order valence-electron chi connectivity index (χ1n) is 12.3. The minimum absolute atomic E-state index is 0.0544. The van der Waals surface area contributed by atoms with Crippen molar-refractivity contribution >= 4 is 50.8 Å². The molecule has 38 heavy (non-hydrogen) atoms. The SMILES string of the molecule is CC(C)(C)COc1c(/C=C/c2nc3sccn3c2C(=O)Nc2nc(C3CCC3)cs2)cccc1OC(F)F. The third kappa shape index (κ3) is 5.88. The van der Waals surface area contributed by atoms with Crippen LogP contribution in [0.4, 0.5) is 13.9 Å². The Bertz CT molecular complexity index is 1460. The number of nitrogens with one attached hydrogen (secondary N) is 1. The lowest BCUT2D eigenvalue weighted by Gasteiger charge is -2.22.